The first-order valence-corrected chi connectivity index (χ1v) is 29.1. The second-order valence-electron chi connectivity index (χ2n) is 21.3. The molecule has 1 radical (unpaired) electrons. The summed E-state index contributed by atoms with van der Waals surface area (Å²) in [5.74, 6) is -12.0. The van der Waals surface area contributed by atoms with Gasteiger partial charge in [0, 0.05) is 118 Å². The monoisotopic (exact) mass is 1440 g/mol. The normalized spacial score (nSPS) is 16.2. The van der Waals surface area contributed by atoms with Crippen LogP contribution in [-0.4, -0.2) is 360 Å². The number of anilines is 2. The maximum atomic E-state index is 12.2. The Balaban J connectivity index is 0.0000216. The van der Waals surface area contributed by atoms with Crippen LogP contribution in [0.2, 0.25) is 0 Å². The van der Waals surface area contributed by atoms with Crippen LogP contribution in [0.5, 0.6) is 23.0 Å². The van der Waals surface area contributed by atoms with E-state index in [-0.39, 0.29) is 219 Å². The minimum atomic E-state index is -1.39. The van der Waals surface area contributed by atoms with Crippen LogP contribution in [0.3, 0.4) is 0 Å². The molecule has 2 fully saturated rings. The van der Waals surface area contributed by atoms with Gasteiger partial charge in [-0.1, -0.05) is 12.1 Å². The Morgan fingerprint density at radius 2 is 0.484 bits per heavy atom. The van der Waals surface area contributed by atoms with E-state index in [9.17, 15) is 99.0 Å². The summed E-state index contributed by atoms with van der Waals surface area (Å²) in [4.78, 5) is 135. The van der Waals surface area contributed by atoms with E-state index in [1.165, 1.54) is 36.4 Å². The average molecular weight is 1440 g/mol. The van der Waals surface area contributed by atoms with E-state index in [4.69, 9.17) is 18.9 Å². The summed E-state index contributed by atoms with van der Waals surface area (Å²) in [6, 6.07) is 8.89. The zero-order valence-electron chi connectivity index (χ0n) is 50.5. The van der Waals surface area contributed by atoms with E-state index in [2.05, 4.69) is 0 Å². The Hall–Kier alpha value is -7.06. The summed E-state index contributed by atoms with van der Waals surface area (Å²) in [5.41, 5.74) is -0.0897. The van der Waals surface area contributed by atoms with Gasteiger partial charge in [0.15, 0.2) is 0 Å². The summed E-state index contributed by atoms with van der Waals surface area (Å²) < 4.78 is 24.7. The molecule has 2 heterocycles. The predicted molar refractivity (Wildman–Crippen MR) is 316 cm³/mol. The number of nitrogens with zero attached hydrogens (tertiary/aromatic N) is 10. The first-order valence-electron chi connectivity index (χ1n) is 29.1. The fourth-order valence-electron chi connectivity index (χ4n) is 10.1. The molecule has 0 aliphatic carbocycles. The third-order valence-corrected chi connectivity index (χ3v) is 14.2. The molecule has 2 aromatic rings. The van der Waals surface area contributed by atoms with Crippen LogP contribution in [0.25, 0.3) is 0 Å². The van der Waals surface area contributed by atoms with Crippen molar-refractivity contribution in [2.45, 2.75) is 12.8 Å². The van der Waals surface area contributed by atoms with Gasteiger partial charge in [0.05, 0.1) is 52.5 Å². The van der Waals surface area contributed by atoms with Gasteiger partial charge < -0.3 is 89.6 Å². The van der Waals surface area contributed by atoms with Gasteiger partial charge in [0.25, 0.3) is 0 Å². The smallest absolute Gasteiger partial charge is 0.491 e. The van der Waals surface area contributed by atoms with Crippen LogP contribution in [0.4, 0.5) is 11.4 Å². The van der Waals surface area contributed by atoms with Crippen molar-refractivity contribution in [3.8, 4) is 23.0 Å². The summed E-state index contributed by atoms with van der Waals surface area (Å²) >= 11 is 0. The third-order valence-electron chi connectivity index (χ3n) is 14.2. The molecule has 4 rings (SSSR count). The fourth-order valence-corrected chi connectivity index (χ4v) is 10.1. The average Bonchev–Trinajstić information content (AvgIpc) is 1.06. The molecule has 2 aromatic carbocycles. The summed E-state index contributed by atoms with van der Waals surface area (Å²) in [6.45, 7) is -0.939. The molecule has 0 saturated carbocycles. The maximum Gasteiger partial charge on any atom is 3.00 e. The first kappa shape index (κ1) is 78.2. The van der Waals surface area contributed by atoms with Crippen LogP contribution in [0.15, 0.2) is 36.4 Å². The topological polar surface area (TPSA) is 442 Å². The van der Waals surface area contributed by atoms with Crippen molar-refractivity contribution in [2.24, 2.45) is 0 Å². The van der Waals surface area contributed by atoms with Gasteiger partial charge >= 0.3 is 99.6 Å². The molecule has 0 unspecified atom stereocenters. The number of rotatable bonds is 37. The molecule has 2 saturated heterocycles. The van der Waals surface area contributed by atoms with Crippen molar-refractivity contribution in [1.82, 2.24) is 39.2 Å². The molecule has 2 aliphatic rings. The molecule has 0 bridgehead atoms. The molecule has 507 valence electrons. The molecule has 2 aliphatic heterocycles. The van der Waals surface area contributed by atoms with Crippen molar-refractivity contribution >= 4 is 71.1 Å². The van der Waals surface area contributed by atoms with Crippen LogP contribution in [-0.2, 0) is 47.9 Å². The van der Waals surface area contributed by atoms with Gasteiger partial charge in [-0.25, -0.2) is 0 Å². The third kappa shape index (κ3) is 32.2. The Bertz CT molecular complexity index is 2430. The van der Waals surface area contributed by atoms with Crippen molar-refractivity contribution < 1.29 is 158 Å². The second-order valence-corrected chi connectivity index (χ2v) is 21.3. The molecule has 34 nitrogen and oxygen atoms in total. The van der Waals surface area contributed by atoms with E-state index >= 15 is 0 Å². The van der Waals surface area contributed by atoms with Gasteiger partial charge in [0.1, 0.15) is 73.8 Å². The van der Waals surface area contributed by atoms with E-state index in [0.717, 1.165) is 9.80 Å². The molecule has 35 heteroatoms. The molecule has 0 aromatic heterocycles. The molecule has 0 amide bonds. The number of aliphatic carboxylic acids is 10. The van der Waals surface area contributed by atoms with Gasteiger partial charge in [-0.2, -0.15) is 0 Å². The maximum absolute atomic E-state index is 12.2. The van der Waals surface area contributed by atoms with E-state index in [0.29, 0.717) is 52.1 Å². The van der Waals surface area contributed by atoms with Crippen molar-refractivity contribution in [3.05, 3.63) is 36.4 Å². The zero-order chi connectivity index (χ0) is 66.1. The van der Waals surface area contributed by atoms with Gasteiger partial charge in [-0.05, 0) is 37.1 Å². The van der Waals surface area contributed by atoms with Crippen LogP contribution in [0.1, 0.15) is 12.8 Å². The van der Waals surface area contributed by atoms with Gasteiger partial charge in [-0.15, -0.1) is 0 Å². The molecule has 0 atom stereocenters. The SMILES string of the molecule is O=C(O)CN1CCN(CCCOc2cccc(OCCOc3cccc(OCCCN4CCN(CC(=O)O)CCN(CC(=O)O)CCN(CC(=O)O)CC4)c3N(CC(=O)O)CC(=O)O)c2N(CC(=O)O)CC(=O)O)CCN(CC(=O)O)CCN(CC(=O)O)CC1.[Gd+3]. The second kappa shape index (κ2) is 42.2. The quantitative estimate of drug-likeness (QED) is 0.0315. The van der Waals surface area contributed by atoms with Crippen molar-refractivity contribution in [3.63, 3.8) is 0 Å². The number of hydrogen-bond acceptors (Lipinski definition) is 24. The van der Waals surface area contributed by atoms with E-state index in [1.807, 2.05) is 9.80 Å². The Labute approximate surface area is 556 Å². The number of hydrogen-bond donors (Lipinski definition) is 10. The Morgan fingerprint density at radius 3 is 0.670 bits per heavy atom. The van der Waals surface area contributed by atoms with Crippen molar-refractivity contribution in [1.29, 1.82) is 0 Å². The number of benzene rings is 2. The molecule has 0 spiro atoms. The fraction of sp³-hybridized carbons (Fsp3) is 0.607. The number of carbonyl (C=O) groups is 10. The minimum Gasteiger partial charge on any atom is -0.491 e. The molecular weight excluding hydrogens is 1350 g/mol. The summed E-state index contributed by atoms with van der Waals surface area (Å²) in [7, 11) is 0. The summed E-state index contributed by atoms with van der Waals surface area (Å²) in [5, 5.41) is 97.3. The zero-order valence-corrected chi connectivity index (χ0v) is 52.8. The van der Waals surface area contributed by atoms with Crippen LogP contribution >= 0.6 is 0 Å². The number of carboxylic acids is 10. The molecule has 91 heavy (non-hydrogen) atoms. The van der Waals surface area contributed by atoms with E-state index < -0.39 is 85.9 Å². The molecule has 10 N–H and O–H groups in total. The van der Waals surface area contributed by atoms with E-state index in [1.54, 1.807) is 29.4 Å². The van der Waals surface area contributed by atoms with Gasteiger partial charge in [-0.3, -0.25) is 77.3 Å². The minimum absolute atomic E-state index is 0. The standard InChI is InChI=1S/C56H84N10O24.Gd/c67-45(68)31-59-15-11-57(12-16-60(32-46(69)70)20-24-63(23-19-59)35-49(75)76)9-3-27-87-41-5-1-7-43(55(41)65(37-51(79)80)38-52(81)82)89-29-30-90-44-8-2-6-42(56(44)66(39-53(83)84)40-54(85)86)88-28-4-10-58-13-17-61(33-47(71)72)21-25-64(36-50(77)78)26-22-62(18-14-58)34-48(73)74;/h1-2,5-8H,3-4,9-40H2,(H,67,68)(H,69,70)(H,71,72)(H,73,74)(H,75,76)(H,77,78)(H,79,80)(H,81,82)(H,83,84)(H,85,86);/q;+3. The Kier molecular flexibility index (Phi) is 36.2. The van der Waals surface area contributed by atoms with Crippen molar-refractivity contribution in [2.75, 3.05) is 219 Å². The number of para-hydroxylation sites is 2. The summed E-state index contributed by atoms with van der Waals surface area (Å²) in [6.07, 6.45) is 0.627. The Morgan fingerprint density at radius 1 is 0.297 bits per heavy atom. The molecular formula is C56H84GdN10O24+3. The van der Waals surface area contributed by atoms with Crippen LogP contribution < -0.4 is 28.7 Å². The first-order chi connectivity index (χ1) is 42.8. The van der Waals surface area contributed by atoms with Crippen LogP contribution in [0, 0.1) is 39.9 Å². The predicted octanol–water partition coefficient (Wildman–Crippen LogP) is -2.42. The number of carboxylic acid groups (broad SMARTS) is 10. The number of ether oxygens (including phenoxy) is 4. The largest absolute Gasteiger partial charge is 3.00 e. The van der Waals surface area contributed by atoms with Gasteiger partial charge in [0.2, 0.25) is 0 Å².